The van der Waals surface area contributed by atoms with Crippen LogP contribution in [0.1, 0.15) is 56.6 Å². The maximum Gasteiger partial charge on any atom is 0.198 e. The summed E-state index contributed by atoms with van der Waals surface area (Å²) >= 11 is 13.2. The third-order valence-corrected chi connectivity index (χ3v) is 14.5. The van der Waals surface area contributed by atoms with E-state index in [1.807, 2.05) is 49.1 Å². The third-order valence-electron chi connectivity index (χ3n) is 14.0. The number of anilines is 4. The zero-order valence-corrected chi connectivity index (χ0v) is 38.7. The highest BCUT2D eigenvalue weighted by Gasteiger charge is 2.46. The van der Waals surface area contributed by atoms with Crippen LogP contribution in [0.15, 0.2) is 206 Å². The fourth-order valence-corrected chi connectivity index (χ4v) is 11.2. The van der Waals surface area contributed by atoms with Gasteiger partial charge in [-0.25, -0.2) is 0 Å². The number of rotatable bonds is 8. The number of hydrogen-bond acceptors (Lipinski definition) is 7. The minimum absolute atomic E-state index is 0.0652. The highest BCUT2D eigenvalue weighted by Crippen LogP contribution is 2.55. The molecule has 0 N–H and O–H groups in total. The molecule has 12 rings (SSSR count). The van der Waals surface area contributed by atoms with E-state index in [-0.39, 0.29) is 5.78 Å². The van der Waals surface area contributed by atoms with Crippen molar-refractivity contribution in [2.45, 2.75) is 38.0 Å². The van der Waals surface area contributed by atoms with Crippen molar-refractivity contribution < 1.29 is 4.79 Å². The SMILES string of the molecule is O=C(C1=C(N2CCc3ccccc3C2)C(c2ccccc2)N(c2ccc(Cl)cc2)c2ccncc21)C1=C(N2CCc3ccccc3C2)C(c2ccccc2)N(c2ccc(Cl)cc2)c2ccncc21. The fourth-order valence-electron chi connectivity index (χ4n) is 11.0. The van der Waals surface area contributed by atoms with Crippen molar-refractivity contribution in [2.24, 2.45) is 0 Å². The Bertz CT molecular complexity index is 3050. The van der Waals surface area contributed by atoms with Crippen molar-refractivity contribution in [1.29, 1.82) is 0 Å². The molecule has 9 heteroatoms. The first-order valence-electron chi connectivity index (χ1n) is 23.2. The van der Waals surface area contributed by atoms with E-state index in [2.05, 4.69) is 165 Å². The molecule has 0 saturated heterocycles. The van der Waals surface area contributed by atoms with E-state index < -0.39 is 12.1 Å². The molecule has 4 aliphatic heterocycles. The Kier molecular flexibility index (Phi) is 10.9. The number of carbonyl (C=O) groups excluding carboxylic acids is 1. The molecule has 6 aromatic carbocycles. The van der Waals surface area contributed by atoms with E-state index in [0.717, 1.165) is 82.3 Å². The Morgan fingerprint density at radius 3 is 1.25 bits per heavy atom. The largest absolute Gasteiger partial charge is 0.368 e. The third kappa shape index (κ3) is 7.34. The Morgan fingerprint density at radius 2 is 0.838 bits per heavy atom. The average Bonchev–Trinajstić information content (AvgIpc) is 3.40. The normalized spacial score (nSPS) is 17.6. The summed E-state index contributed by atoms with van der Waals surface area (Å²) in [6.07, 6.45) is 9.12. The van der Waals surface area contributed by atoms with Crippen LogP contribution in [-0.4, -0.2) is 38.6 Å². The van der Waals surface area contributed by atoms with Crippen LogP contribution in [0.25, 0.3) is 11.1 Å². The summed E-state index contributed by atoms with van der Waals surface area (Å²) in [5.41, 5.74) is 15.7. The van der Waals surface area contributed by atoms with E-state index in [1.165, 1.54) is 22.3 Å². The second-order valence-electron chi connectivity index (χ2n) is 17.8. The number of aromatic nitrogens is 2. The van der Waals surface area contributed by atoms with Gasteiger partial charge in [0.05, 0.1) is 46.0 Å². The van der Waals surface area contributed by atoms with Crippen LogP contribution in [0.2, 0.25) is 10.0 Å². The van der Waals surface area contributed by atoms with Gasteiger partial charge in [0.1, 0.15) is 0 Å². The van der Waals surface area contributed by atoms with Gasteiger partial charge in [-0.3, -0.25) is 14.8 Å². The molecule has 2 aromatic heterocycles. The predicted molar refractivity (Wildman–Crippen MR) is 274 cm³/mol. The van der Waals surface area contributed by atoms with Crippen LogP contribution in [-0.2, 0) is 30.7 Å². The Hall–Kier alpha value is -7.45. The summed E-state index contributed by atoms with van der Waals surface area (Å²) in [5.74, 6) is -0.0652. The lowest BCUT2D eigenvalue weighted by Gasteiger charge is -2.48. The summed E-state index contributed by atoms with van der Waals surface area (Å²) in [6.45, 7) is 2.72. The second-order valence-corrected chi connectivity index (χ2v) is 18.7. The average molecular weight is 926 g/mol. The zero-order chi connectivity index (χ0) is 45.7. The van der Waals surface area contributed by atoms with Gasteiger partial charge in [0.25, 0.3) is 0 Å². The van der Waals surface area contributed by atoms with E-state index in [4.69, 9.17) is 33.2 Å². The minimum Gasteiger partial charge on any atom is -0.368 e. The van der Waals surface area contributed by atoms with Crippen molar-refractivity contribution in [1.82, 2.24) is 19.8 Å². The van der Waals surface area contributed by atoms with Crippen LogP contribution >= 0.6 is 23.2 Å². The van der Waals surface area contributed by atoms with E-state index >= 15 is 4.79 Å². The molecule has 8 aromatic rings. The molecule has 0 radical (unpaired) electrons. The minimum atomic E-state index is -0.408. The number of carbonyl (C=O) groups is 1. The first kappa shape index (κ1) is 41.9. The fraction of sp³-hybridized carbons (Fsp3) is 0.136. The topological polar surface area (TPSA) is 55.8 Å². The van der Waals surface area contributed by atoms with Gasteiger partial charge in [-0.15, -0.1) is 0 Å². The van der Waals surface area contributed by atoms with Gasteiger partial charge >= 0.3 is 0 Å². The van der Waals surface area contributed by atoms with Crippen molar-refractivity contribution in [3.8, 4) is 0 Å². The molecule has 0 fully saturated rings. The van der Waals surface area contributed by atoms with Gasteiger partial charge in [0, 0.05) is 83.5 Å². The lowest BCUT2D eigenvalue weighted by atomic mass is 9.79. The zero-order valence-electron chi connectivity index (χ0n) is 37.2. The Morgan fingerprint density at radius 1 is 0.456 bits per heavy atom. The summed E-state index contributed by atoms with van der Waals surface area (Å²) in [4.78, 5) is 36.6. The molecule has 0 aliphatic carbocycles. The van der Waals surface area contributed by atoms with Crippen LogP contribution in [0.3, 0.4) is 0 Å². The molecule has 0 saturated carbocycles. The molecule has 68 heavy (non-hydrogen) atoms. The molecular weight excluding hydrogens is 880 g/mol. The van der Waals surface area contributed by atoms with Crippen LogP contribution in [0, 0.1) is 0 Å². The van der Waals surface area contributed by atoms with E-state index in [9.17, 15) is 0 Å². The Balaban J connectivity index is 1.18. The molecule has 6 heterocycles. The van der Waals surface area contributed by atoms with Crippen LogP contribution in [0.4, 0.5) is 22.7 Å². The number of benzene rings is 6. The van der Waals surface area contributed by atoms with Gasteiger partial charge in [-0.1, -0.05) is 132 Å². The van der Waals surface area contributed by atoms with Gasteiger partial charge in [0.2, 0.25) is 0 Å². The van der Waals surface area contributed by atoms with E-state index in [0.29, 0.717) is 34.3 Å². The van der Waals surface area contributed by atoms with E-state index in [1.54, 1.807) is 0 Å². The molecule has 0 bridgehead atoms. The number of Topliss-reactive ketones (excluding diaryl/α,β-unsaturated/α-hetero) is 1. The van der Waals surface area contributed by atoms with Crippen molar-refractivity contribution in [3.05, 3.63) is 261 Å². The van der Waals surface area contributed by atoms with Gasteiger partial charge in [-0.2, -0.15) is 0 Å². The maximum atomic E-state index is 17.3. The number of allylic oxidation sites excluding steroid dienone is 2. The summed E-state index contributed by atoms with van der Waals surface area (Å²) < 4.78 is 0. The lowest BCUT2D eigenvalue weighted by molar-refractivity contribution is -0.109. The highest BCUT2D eigenvalue weighted by atomic mass is 35.5. The summed E-state index contributed by atoms with van der Waals surface area (Å²) in [7, 11) is 0. The standard InChI is InChI=1S/C59H46Cl2N6O/c60-45-19-23-47(24-20-45)66-51-27-31-62-35-49(51)53(57(55(66)41-13-3-1-4-14-41)64-33-29-39-11-7-9-17-43(39)37-64)59(68)54-50-36-63-32-28-52(50)67(48-25-21-46(61)22-26-48)56(42-15-5-2-6-16-42)58(54)65-34-30-40-12-8-10-18-44(40)38-65/h1-28,31-32,35-36,55-56H,29-30,33-34,37-38H2. The number of nitrogens with zero attached hydrogens (tertiary/aromatic N) is 6. The highest BCUT2D eigenvalue weighted by molar-refractivity contribution is 6.45. The molecule has 0 amide bonds. The second kappa shape index (κ2) is 17.6. The van der Waals surface area contributed by atoms with Crippen molar-refractivity contribution in [3.63, 3.8) is 0 Å². The Labute approximate surface area is 406 Å². The number of ketones is 1. The lowest BCUT2D eigenvalue weighted by Crippen LogP contribution is -2.43. The van der Waals surface area contributed by atoms with Crippen molar-refractivity contribution >= 4 is 62.9 Å². The van der Waals surface area contributed by atoms with Crippen LogP contribution in [0.5, 0.6) is 0 Å². The number of hydrogen-bond donors (Lipinski definition) is 0. The quantitative estimate of drug-likeness (QED) is 0.150. The number of halogens is 2. The van der Waals surface area contributed by atoms with Gasteiger partial charge in [0.15, 0.2) is 5.78 Å². The summed E-state index contributed by atoms with van der Waals surface area (Å²) in [6, 6.07) is 58.0. The molecular formula is C59H46Cl2N6O. The summed E-state index contributed by atoms with van der Waals surface area (Å²) in [5, 5.41) is 1.31. The predicted octanol–water partition coefficient (Wildman–Crippen LogP) is 13.4. The monoisotopic (exact) mass is 924 g/mol. The van der Waals surface area contributed by atoms with Crippen LogP contribution < -0.4 is 9.80 Å². The molecule has 4 aliphatic rings. The smallest absolute Gasteiger partial charge is 0.198 e. The number of fused-ring (bicyclic) bond motifs is 4. The van der Waals surface area contributed by atoms with Crippen molar-refractivity contribution in [2.75, 3.05) is 22.9 Å². The first-order chi connectivity index (χ1) is 33.5. The van der Waals surface area contributed by atoms with Gasteiger partial charge in [-0.05, 0) is 107 Å². The molecule has 7 nitrogen and oxygen atoms in total. The molecule has 332 valence electrons. The first-order valence-corrected chi connectivity index (χ1v) is 24.0. The molecule has 2 atom stereocenters. The molecule has 2 unspecified atom stereocenters. The maximum absolute atomic E-state index is 17.3. The van der Waals surface area contributed by atoms with Gasteiger partial charge < -0.3 is 19.6 Å². The molecule has 0 spiro atoms. The number of pyridine rings is 2.